The highest BCUT2D eigenvalue weighted by Gasteiger charge is 1.98. The van der Waals surface area contributed by atoms with Crippen molar-refractivity contribution in [3.8, 4) is 0 Å². The molecule has 0 fully saturated rings. The molecular weight excluding hydrogens is 116 g/mol. The Morgan fingerprint density at radius 1 is 1.11 bits per heavy atom. The number of hydrogen-bond acceptors (Lipinski definition) is 3. The summed E-state index contributed by atoms with van der Waals surface area (Å²) in [4.78, 5) is 0. The molecule has 50 valence electrons. The standard InChI is InChI=1S/C6H10N2O/c7-1-5-3-9-4-6(5)2-8/h3-4H,1-2,7-8H2. The van der Waals surface area contributed by atoms with Gasteiger partial charge in [0.2, 0.25) is 0 Å². The first-order valence-corrected chi connectivity index (χ1v) is 2.82. The number of hydrogen-bond donors (Lipinski definition) is 2. The summed E-state index contributed by atoms with van der Waals surface area (Å²) in [6.07, 6.45) is 3.25. The van der Waals surface area contributed by atoms with E-state index in [2.05, 4.69) is 0 Å². The molecule has 0 spiro atoms. The molecule has 0 saturated carbocycles. The summed E-state index contributed by atoms with van der Waals surface area (Å²) in [6, 6.07) is 0. The van der Waals surface area contributed by atoms with Gasteiger partial charge in [-0.05, 0) is 0 Å². The van der Waals surface area contributed by atoms with Crippen molar-refractivity contribution in [1.82, 2.24) is 0 Å². The van der Waals surface area contributed by atoms with Crippen molar-refractivity contribution in [3.05, 3.63) is 23.7 Å². The second kappa shape index (κ2) is 2.66. The fourth-order valence-electron chi connectivity index (χ4n) is 0.708. The van der Waals surface area contributed by atoms with Gasteiger partial charge in [-0.15, -0.1) is 0 Å². The maximum atomic E-state index is 5.36. The van der Waals surface area contributed by atoms with E-state index in [0.29, 0.717) is 13.1 Å². The van der Waals surface area contributed by atoms with E-state index >= 15 is 0 Å². The first kappa shape index (κ1) is 6.32. The molecule has 0 aromatic carbocycles. The summed E-state index contributed by atoms with van der Waals surface area (Å²) < 4.78 is 4.87. The van der Waals surface area contributed by atoms with Crippen LogP contribution in [-0.4, -0.2) is 0 Å². The molecule has 1 rings (SSSR count). The Balaban J connectivity index is 2.85. The summed E-state index contributed by atoms with van der Waals surface area (Å²) in [6.45, 7) is 1.01. The zero-order valence-corrected chi connectivity index (χ0v) is 5.13. The van der Waals surface area contributed by atoms with Gasteiger partial charge in [0.05, 0.1) is 12.5 Å². The fourth-order valence-corrected chi connectivity index (χ4v) is 0.708. The van der Waals surface area contributed by atoms with E-state index in [1.54, 1.807) is 12.5 Å². The molecule has 0 aliphatic carbocycles. The molecule has 0 amide bonds. The number of nitrogens with two attached hydrogens (primary N) is 2. The van der Waals surface area contributed by atoms with Crippen LogP contribution in [0, 0.1) is 0 Å². The van der Waals surface area contributed by atoms with Gasteiger partial charge in [-0.25, -0.2) is 0 Å². The van der Waals surface area contributed by atoms with Crippen LogP contribution in [0.1, 0.15) is 11.1 Å². The lowest BCUT2D eigenvalue weighted by atomic mass is 10.2. The molecule has 3 heteroatoms. The van der Waals surface area contributed by atoms with E-state index in [0.717, 1.165) is 11.1 Å². The van der Waals surface area contributed by atoms with Crippen molar-refractivity contribution in [2.45, 2.75) is 13.1 Å². The molecule has 1 heterocycles. The average molecular weight is 126 g/mol. The largest absolute Gasteiger partial charge is 0.472 e. The van der Waals surface area contributed by atoms with E-state index in [1.165, 1.54) is 0 Å². The minimum absolute atomic E-state index is 0.503. The molecule has 9 heavy (non-hydrogen) atoms. The second-order valence-corrected chi connectivity index (χ2v) is 1.83. The third-order valence-electron chi connectivity index (χ3n) is 1.27. The molecule has 0 bridgehead atoms. The van der Waals surface area contributed by atoms with Gasteiger partial charge >= 0.3 is 0 Å². The van der Waals surface area contributed by atoms with Crippen molar-refractivity contribution >= 4 is 0 Å². The van der Waals surface area contributed by atoms with Crippen LogP contribution in [0.25, 0.3) is 0 Å². The molecule has 0 atom stereocenters. The smallest absolute Gasteiger partial charge is 0.0950 e. The highest BCUT2D eigenvalue weighted by molar-refractivity contribution is 5.19. The molecule has 0 aliphatic rings. The van der Waals surface area contributed by atoms with Gasteiger partial charge in [0.25, 0.3) is 0 Å². The Hall–Kier alpha value is -0.800. The van der Waals surface area contributed by atoms with Crippen LogP contribution in [0.2, 0.25) is 0 Å². The molecule has 0 unspecified atom stereocenters. The highest BCUT2D eigenvalue weighted by atomic mass is 16.3. The third-order valence-corrected chi connectivity index (χ3v) is 1.27. The van der Waals surface area contributed by atoms with Crippen molar-refractivity contribution < 1.29 is 4.42 Å². The first-order valence-electron chi connectivity index (χ1n) is 2.82. The van der Waals surface area contributed by atoms with Crippen LogP contribution >= 0.6 is 0 Å². The maximum absolute atomic E-state index is 5.36. The van der Waals surface area contributed by atoms with E-state index in [1.807, 2.05) is 0 Å². The van der Waals surface area contributed by atoms with E-state index in [4.69, 9.17) is 15.9 Å². The molecule has 0 aliphatic heterocycles. The van der Waals surface area contributed by atoms with Gasteiger partial charge in [-0.2, -0.15) is 0 Å². The summed E-state index contributed by atoms with van der Waals surface area (Å²) in [7, 11) is 0. The van der Waals surface area contributed by atoms with Crippen LogP contribution in [0.15, 0.2) is 16.9 Å². The SMILES string of the molecule is NCc1cocc1CN. The van der Waals surface area contributed by atoms with Gasteiger partial charge in [-0.1, -0.05) is 0 Å². The van der Waals surface area contributed by atoms with Crippen molar-refractivity contribution in [2.24, 2.45) is 11.5 Å². The van der Waals surface area contributed by atoms with Gasteiger partial charge in [0, 0.05) is 24.2 Å². The quantitative estimate of drug-likeness (QED) is 0.594. The molecule has 0 radical (unpaired) electrons. The third kappa shape index (κ3) is 1.12. The Labute approximate surface area is 53.6 Å². The lowest BCUT2D eigenvalue weighted by Crippen LogP contribution is -2.02. The molecule has 4 N–H and O–H groups in total. The molecular formula is C6H10N2O. The minimum Gasteiger partial charge on any atom is -0.472 e. The Morgan fingerprint density at radius 2 is 1.56 bits per heavy atom. The second-order valence-electron chi connectivity index (χ2n) is 1.83. The Kier molecular flexibility index (Phi) is 1.87. The van der Waals surface area contributed by atoms with Crippen LogP contribution in [0.3, 0.4) is 0 Å². The number of rotatable bonds is 2. The van der Waals surface area contributed by atoms with E-state index in [9.17, 15) is 0 Å². The van der Waals surface area contributed by atoms with Crippen molar-refractivity contribution in [2.75, 3.05) is 0 Å². The van der Waals surface area contributed by atoms with Crippen LogP contribution in [-0.2, 0) is 13.1 Å². The van der Waals surface area contributed by atoms with Gasteiger partial charge < -0.3 is 15.9 Å². The topological polar surface area (TPSA) is 65.2 Å². The molecule has 3 nitrogen and oxygen atoms in total. The highest BCUT2D eigenvalue weighted by Crippen LogP contribution is 2.07. The van der Waals surface area contributed by atoms with E-state index in [-0.39, 0.29) is 0 Å². The maximum Gasteiger partial charge on any atom is 0.0950 e. The first-order chi connectivity index (χ1) is 4.38. The van der Waals surface area contributed by atoms with Crippen molar-refractivity contribution in [3.63, 3.8) is 0 Å². The zero-order valence-electron chi connectivity index (χ0n) is 5.13. The Morgan fingerprint density at radius 3 is 1.89 bits per heavy atom. The summed E-state index contributed by atoms with van der Waals surface area (Å²) in [5.41, 5.74) is 12.7. The predicted molar refractivity (Wildman–Crippen MR) is 34.5 cm³/mol. The lowest BCUT2D eigenvalue weighted by Gasteiger charge is -1.91. The van der Waals surface area contributed by atoms with Gasteiger partial charge in [-0.3, -0.25) is 0 Å². The van der Waals surface area contributed by atoms with Crippen LogP contribution < -0.4 is 11.5 Å². The molecule has 0 saturated heterocycles. The van der Waals surface area contributed by atoms with Gasteiger partial charge in [0.15, 0.2) is 0 Å². The summed E-state index contributed by atoms with van der Waals surface area (Å²) in [5.74, 6) is 0. The number of furan rings is 1. The van der Waals surface area contributed by atoms with Gasteiger partial charge in [0.1, 0.15) is 0 Å². The monoisotopic (exact) mass is 126 g/mol. The summed E-state index contributed by atoms with van der Waals surface area (Å²) >= 11 is 0. The predicted octanol–water partition coefficient (Wildman–Crippen LogP) is 0.197. The van der Waals surface area contributed by atoms with Crippen LogP contribution in [0.4, 0.5) is 0 Å². The van der Waals surface area contributed by atoms with Crippen LogP contribution in [0.5, 0.6) is 0 Å². The molecule has 1 aromatic rings. The Bertz CT molecular complexity index is 164. The minimum atomic E-state index is 0.503. The zero-order chi connectivity index (χ0) is 6.69. The summed E-state index contributed by atoms with van der Waals surface area (Å²) in [5, 5.41) is 0. The average Bonchev–Trinajstić information content (AvgIpc) is 2.33. The normalized spacial score (nSPS) is 10.0. The van der Waals surface area contributed by atoms with E-state index < -0.39 is 0 Å². The fraction of sp³-hybridized carbons (Fsp3) is 0.333. The molecule has 1 aromatic heterocycles. The lowest BCUT2D eigenvalue weighted by molar-refractivity contribution is 0.561. The van der Waals surface area contributed by atoms with Crippen molar-refractivity contribution in [1.29, 1.82) is 0 Å².